The summed E-state index contributed by atoms with van der Waals surface area (Å²) in [6.45, 7) is 1.40. The van der Waals surface area contributed by atoms with Crippen LogP contribution in [0.5, 0.6) is 6.08 Å². The van der Waals surface area contributed by atoms with Gasteiger partial charge in [0.25, 0.3) is 5.89 Å². The quantitative estimate of drug-likeness (QED) is 0.806. The predicted molar refractivity (Wildman–Crippen MR) is 95.1 cm³/mol. The zero-order chi connectivity index (χ0) is 17.1. The molecule has 1 saturated heterocycles. The van der Waals surface area contributed by atoms with Gasteiger partial charge in [-0.25, -0.2) is 9.79 Å². The average molecular weight is 356 g/mol. The van der Waals surface area contributed by atoms with Crippen molar-refractivity contribution < 1.29 is 13.9 Å². The largest absolute Gasteiger partial charge is 0.424 e. The zero-order valence-corrected chi connectivity index (χ0v) is 14.2. The van der Waals surface area contributed by atoms with Gasteiger partial charge in [0.1, 0.15) is 5.04 Å². The van der Waals surface area contributed by atoms with Crippen molar-refractivity contribution in [1.82, 2.24) is 15.1 Å². The molecule has 0 bridgehead atoms. The van der Waals surface area contributed by atoms with Crippen molar-refractivity contribution in [2.24, 2.45) is 4.99 Å². The van der Waals surface area contributed by atoms with Crippen molar-refractivity contribution in [3.8, 4) is 6.08 Å². The van der Waals surface area contributed by atoms with E-state index in [-0.39, 0.29) is 12.0 Å². The molecule has 0 aliphatic carbocycles. The lowest BCUT2D eigenvalue weighted by molar-refractivity contribution is 0.129. The van der Waals surface area contributed by atoms with Gasteiger partial charge >= 0.3 is 12.2 Å². The van der Waals surface area contributed by atoms with Gasteiger partial charge in [0, 0.05) is 24.9 Å². The second-order valence-corrected chi connectivity index (χ2v) is 6.60. The molecule has 3 aliphatic rings. The minimum absolute atomic E-state index is 0.149. The highest BCUT2D eigenvalue weighted by molar-refractivity contribution is 8.17. The fraction of sp³-hybridized carbons (Fsp3) is 0.294. The Morgan fingerprint density at radius 3 is 2.88 bits per heavy atom. The zero-order valence-electron chi connectivity index (χ0n) is 13.4. The van der Waals surface area contributed by atoms with Crippen LogP contribution >= 0.6 is 11.8 Å². The van der Waals surface area contributed by atoms with Crippen molar-refractivity contribution >= 4 is 28.5 Å². The van der Waals surface area contributed by atoms with E-state index in [2.05, 4.69) is 15.2 Å². The van der Waals surface area contributed by atoms with Gasteiger partial charge in [0.2, 0.25) is 0 Å². The summed E-state index contributed by atoms with van der Waals surface area (Å²) in [6, 6.07) is 0. The van der Waals surface area contributed by atoms with Crippen LogP contribution in [0.2, 0.25) is 0 Å². The van der Waals surface area contributed by atoms with E-state index in [1.807, 2.05) is 29.7 Å². The summed E-state index contributed by atoms with van der Waals surface area (Å²) >= 11 is 1.55. The first kappa shape index (κ1) is 15.9. The van der Waals surface area contributed by atoms with Crippen molar-refractivity contribution in [3.63, 3.8) is 0 Å². The number of aliphatic imine (C=N–C) groups is 1. The lowest BCUT2D eigenvalue weighted by Gasteiger charge is -2.24. The van der Waals surface area contributed by atoms with Gasteiger partial charge in [0.05, 0.1) is 5.57 Å². The number of likely N-dealkylation sites (tertiary alicyclic amines) is 1. The lowest BCUT2D eigenvalue weighted by Crippen LogP contribution is -2.37. The van der Waals surface area contributed by atoms with E-state index in [1.54, 1.807) is 22.9 Å². The molecule has 25 heavy (non-hydrogen) atoms. The number of ether oxygens (including phenoxy) is 1. The Labute approximate surface area is 148 Å². The number of fused-ring (bicyclic) bond motifs is 1. The number of allylic oxidation sites excluding steroid dienone is 5. The Bertz CT molecular complexity index is 829. The number of nitrogens with zero attached hydrogens (tertiary/aromatic N) is 4. The molecule has 0 saturated carbocycles. The minimum Gasteiger partial charge on any atom is -0.388 e. The summed E-state index contributed by atoms with van der Waals surface area (Å²) in [4.78, 5) is 18.2. The van der Waals surface area contributed by atoms with Gasteiger partial charge in [-0.1, -0.05) is 35.1 Å². The standard InChI is InChI=1S/C17H16N4O3S/c22-17(21-8-2-1-3-9-21)24-16-20-19-14(23-16)13-7-6-12-5-4-10-25-15(12)18-11-13/h4-7,10-11H,1-3,8-9H2. The number of amides is 1. The normalized spacial score (nSPS) is 19.5. The molecule has 0 unspecified atom stereocenters. The second kappa shape index (κ2) is 7.10. The fourth-order valence-corrected chi connectivity index (χ4v) is 3.35. The molecule has 4 heterocycles. The maximum absolute atomic E-state index is 12.1. The van der Waals surface area contributed by atoms with Crippen molar-refractivity contribution in [2.75, 3.05) is 13.1 Å². The highest BCUT2D eigenvalue weighted by Gasteiger charge is 2.21. The summed E-state index contributed by atoms with van der Waals surface area (Å²) < 4.78 is 10.7. The molecular weight excluding hydrogens is 340 g/mol. The van der Waals surface area contributed by atoms with E-state index in [0.717, 1.165) is 29.9 Å². The second-order valence-electron chi connectivity index (χ2n) is 5.71. The van der Waals surface area contributed by atoms with Crippen LogP contribution in [-0.2, 0) is 0 Å². The molecule has 0 atom stereocenters. The maximum atomic E-state index is 12.1. The minimum atomic E-state index is -0.445. The molecule has 1 aromatic heterocycles. The number of hydrogen-bond donors (Lipinski definition) is 0. The fourth-order valence-electron chi connectivity index (χ4n) is 2.68. The third-order valence-corrected chi connectivity index (χ3v) is 4.84. The van der Waals surface area contributed by atoms with Crippen molar-refractivity contribution in [2.45, 2.75) is 19.3 Å². The molecule has 4 rings (SSSR count). The van der Waals surface area contributed by atoms with Crippen LogP contribution in [0.15, 0.2) is 50.9 Å². The molecule has 0 spiro atoms. The number of hydrogen-bond acceptors (Lipinski definition) is 7. The number of carbonyl (C=O) groups excluding carboxylic acids is 1. The van der Waals surface area contributed by atoms with Crippen LogP contribution < -0.4 is 4.74 Å². The van der Waals surface area contributed by atoms with Crippen molar-refractivity contribution in [3.05, 3.63) is 47.4 Å². The maximum Gasteiger partial charge on any atom is 0.424 e. The van der Waals surface area contributed by atoms with E-state index in [0.29, 0.717) is 18.7 Å². The van der Waals surface area contributed by atoms with E-state index < -0.39 is 6.09 Å². The Morgan fingerprint density at radius 2 is 2.00 bits per heavy atom. The summed E-state index contributed by atoms with van der Waals surface area (Å²) in [5.41, 5.74) is 1.69. The molecular formula is C17H16N4O3S. The van der Waals surface area contributed by atoms with Gasteiger partial charge in [-0.3, -0.25) is 0 Å². The monoisotopic (exact) mass is 356 g/mol. The van der Waals surface area contributed by atoms with E-state index >= 15 is 0 Å². The van der Waals surface area contributed by atoms with Gasteiger partial charge < -0.3 is 14.1 Å². The molecule has 1 amide bonds. The first-order valence-electron chi connectivity index (χ1n) is 8.10. The van der Waals surface area contributed by atoms with Gasteiger partial charge in [-0.2, -0.15) is 0 Å². The molecule has 3 aliphatic heterocycles. The number of carbonyl (C=O) groups is 1. The van der Waals surface area contributed by atoms with E-state index in [1.165, 1.54) is 0 Å². The SMILES string of the molecule is O=C(Oc1nnc(C2=CN=C3SC=CC=C3C=C2)o1)N1CCCCC1. The molecule has 0 N–H and O–H groups in total. The predicted octanol–water partition coefficient (Wildman–Crippen LogP) is 3.55. The molecule has 1 aromatic rings. The molecule has 128 valence electrons. The number of rotatable bonds is 2. The third kappa shape index (κ3) is 3.58. The van der Waals surface area contributed by atoms with E-state index in [4.69, 9.17) is 9.15 Å². The first-order valence-corrected chi connectivity index (χ1v) is 8.98. The smallest absolute Gasteiger partial charge is 0.388 e. The Kier molecular flexibility index (Phi) is 4.51. The topological polar surface area (TPSA) is 80.8 Å². The Morgan fingerprint density at radius 1 is 1.16 bits per heavy atom. The van der Waals surface area contributed by atoms with Crippen molar-refractivity contribution in [1.29, 1.82) is 0 Å². The Balaban J connectivity index is 1.47. The van der Waals surface area contributed by atoms with Gasteiger partial charge in [-0.05, 0) is 30.7 Å². The molecule has 0 radical (unpaired) electrons. The average Bonchev–Trinajstić information content (AvgIpc) is 3.00. The van der Waals surface area contributed by atoms with Crippen LogP contribution in [-0.4, -0.2) is 39.3 Å². The number of piperidine rings is 1. The van der Waals surface area contributed by atoms with E-state index in [9.17, 15) is 4.79 Å². The lowest BCUT2D eigenvalue weighted by atomic mass is 10.1. The summed E-state index contributed by atoms with van der Waals surface area (Å²) in [5.74, 6) is 0.263. The Hall–Kier alpha value is -2.61. The number of thioether (sulfide) groups is 1. The highest BCUT2D eigenvalue weighted by atomic mass is 32.2. The highest BCUT2D eigenvalue weighted by Crippen LogP contribution is 2.27. The molecule has 1 fully saturated rings. The van der Waals surface area contributed by atoms with Gasteiger partial charge in [0.15, 0.2) is 0 Å². The van der Waals surface area contributed by atoms with Crippen LogP contribution in [0.25, 0.3) is 5.57 Å². The van der Waals surface area contributed by atoms with Crippen LogP contribution in [0.1, 0.15) is 25.2 Å². The van der Waals surface area contributed by atoms with Crippen LogP contribution in [0, 0.1) is 0 Å². The van der Waals surface area contributed by atoms with Crippen LogP contribution in [0.4, 0.5) is 4.79 Å². The molecule has 0 aromatic carbocycles. The summed E-state index contributed by atoms with van der Waals surface area (Å²) in [7, 11) is 0. The first-order chi connectivity index (χ1) is 12.3. The summed E-state index contributed by atoms with van der Waals surface area (Å²) in [5, 5.41) is 10.6. The molecule has 8 heteroatoms. The van der Waals surface area contributed by atoms with Gasteiger partial charge in [-0.15, -0.1) is 5.10 Å². The number of aromatic nitrogens is 2. The third-order valence-electron chi connectivity index (χ3n) is 3.99. The summed E-state index contributed by atoms with van der Waals surface area (Å²) in [6.07, 6.45) is 12.0. The molecule has 7 nitrogen and oxygen atoms in total. The van der Waals surface area contributed by atoms with Crippen LogP contribution in [0.3, 0.4) is 0 Å².